The highest BCUT2D eigenvalue weighted by Gasteiger charge is 2.12. The number of hydrogen-bond acceptors (Lipinski definition) is 5. The first-order valence-electron chi connectivity index (χ1n) is 6.57. The second-order valence-electron chi connectivity index (χ2n) is 4.59. The number of ether oxygens (including phenoxy) is 1. The zero-order chi connectivity index (χ0) is 14.7. The standard InChI is InChI=1S/C14H14BrN3O2S/c15-14-17-12(9-21-14)13(19)16-10-1-3-11(4-2-10)18-5-7-20-8-6-18/h1-4,9H,5-8H2,(H,16,19). The van der Waals surface area contributed by atoms with Crippen LogP contribution in [0.1, 0.15) is 10.5 Å². The van der Waals surface area contributed by atoms with Crippen molar-refractivity contribution >= 4 is 44.5 Å². The molecule has 0 aliphatic carbocycles. The second kappa shape index (κ2) is 6.55. The van der Waals surface area contributed by atoms with Gasteiger partial charge in [-0.2, -0.15) is 0 Å². The van der Waals surface area contributed by atoms with Crippen molar-refractivity contribution < 1.29 is 9.53 Å². The van der Waals surface area contributed by atoms with Crippen LogP contribution in [-0.2, 0) is 4.74 Å². The summed E-state index contributed by atoms with van der Waals surface area (Å²) in [5, 5.41) is 4.57. The van der Waals surface area contributed by atoms with Crippen molar-refractivity contribution in [1.82, 2.24) is 4.98 Å². The predicted molar refractivity (Wildman–Crippen MR) is 87.2 cm³/mol. The average molecular weight is 368 g/mol. The summed E-state index contributed by atoms with van der Waals surface area (Å²) < 4.78 is 6.04. The number of carbonyl (C=O) groups is 1. The van der Waals surface area contributed by atoms with Gasteiger partial charge in [0.15, 0.2) is 3.92 Å². The van der Waals surface area contributed by atoms with Gasteiger partial charge < -0.3 is 15.0 Å². The molecule has 0 saturated carbocycles. The molecule has 0 bridgehead atoms. The van der Waals surface area contributed by atoms with Gasteiger partial charge in [-0.1, -0.05) is 0 Å². The van der Waals surface area contributed by atoms with E-state index in [4.69, 9.17) is 4.74 Å². The maximum absolute atomic E-state index is 12.0. The minimum Gasteiger partial charge on any atom is -0.378 e. The van der Waals surface area contributed by atoms with E-state index in [-0.39, 0.29) is 5.91 Å². The molecule has 1 aliphatic rings. The molecule has 0 atom stereocenters. The zero-order valence-electron chi connectivity index (χ0n) is 11.2. The minimum atomic E-state index is -0.198. The lowest BCUT2D eigenvalue weighted by atomic mass is 10.2. The van der Waals surface area contributed by atoms with Crippen molar-refractivity contribution in [2.24, 2.45) is 0 Å². The highest BCUT2D eigenvalue weighted by molar-refractivity contribution is 9.11. The molecule has 1 fully saturated rings. The fourth-order valence-corrected chi connectivity index (χ4v) is 3.12. The molecule has 1 aliphatic heterocycles. The monoisotopic (exact) mass is 367 g/mol. The van der Waals surface area contributed by atoms with Crippen LogP contribution in [0.4, 0.5) is 11.4 Å². The Labute approximate surface area is 135 Å². The lowest BCUT2D eigenvalue weighted by molar-refractivity contribution is 0.102. The Kier molecular flexibility index (Phi) is 4.52. The lowest BCUT2D eigenvalue weighted by Crippen LogP contribution is -2.36. The number of benzene rings is 1. The van der Waals surface area contributed by atoms with E-state index in [2.05, 4.69) is 31.1 Å². The Morgan fingerprint density at radius 3 is 2.62 bits per heavy atom. The van der Waals surface area contributed by atoms with Gasteiger partial charge >= 0.3 is 0 Å². The third-order valence-electron chi connectivity index (χ3n) is 3.21. The first-order chi connectivity index (χ1) is 10.2. The summed E-state index contributed by atoms with van der Waals surface area (Å²) in [5.74, 6) is -0.198. The van der Waals surface area contributed by atoms with E-state index in [1.54, 1.807) is 5.38 Å². The van der Waals surface area contributed by atoms with Crippen LogP contribution in [0.5, 0.6) is 0 Å². The van der Waals surface area contributed by atoms with Crippen LogP contribution < -0.4 is 10.2 Å². The summed E-state index contributed by atoms with van der Waals surface area (Å²) in [7, 11) is 0. The van der Waals surface area contributed by atoms with Crippen molar-refractivity contribution in [3.8, 4) is 0 Å². The van der Waals surface area contributed by atoms with Crippen molar-refractivity contribution in [2.45, 2.75) is 0 Å². The Bertz CT molecular complexity index is 623. The average Bonchev–Trinajstić information content (AvgIpc) is 2.96. The second-order valence-corrected chi connectivity index (χ2v) is 6.72. The fraction of sp³-hybridized carbons (Fsp3) is 0.286. The maximum Gasteiger partial charge on any atom is 0.275 e. The number of carbonyl (C=O) groups excluding carboxylic acids is 1. The number of nitrogens with zero attached hydrogens (tertiary/aromatic N) is 2. The number of hydrogen-bond donors (Lipinski definition) is 1. The van der Waals surface area contributed by atoms with Crippen molar-refractivity contribution in [2.75, 3.05) is 36.5 Å². The summed E-state index contributed by atoms with van der Waals surface area (Å²) >= 11 is 4.64. The molecule has 21 heavy (non-hydrogen) atoms. The van der Waals surface area contributed by atoms with Gasteiger partial charge in [-0.25, -0.2) is 4.98 Å². The molecule has 0 unspecified atom stereocenters. The van der Waals surface area contributed by atoms with Crippen LogP contribution in [0.2, 0.25) is 0 Å². The molecule has 5 nitrogen and oxygen atoms in total. The summed E-state index contributed by atoms with van der Waals surface area (Å²) in [6.07, 6.45) is 0. The van der Waals surface area contributed by atoms with Gasteiger partial charge in [0.1, 0.15) is 5.69 Å². The van der Waals surface area contributed by atoms with Gasteiger partial charge in [-0.15, -0.1) is 11.3 Å². The molecule has 1 amide bonds. The molecule has 2 aromatic rings. The van der Waals surface area contributed by atoms with Gasteiger partial charge in [-0.3, -0.25) is 4.79 Å². The third-order valence-corrected chi connectivity index (χ3v) is 4.58. The molecular formula is C14H14BrN3O2S. The predicted octanol–water partition coefficient (Wildman–Crippen LogP) is 2.99. The molecule has 0 spiro atoms. The first-order valence-corrected chi connectivity index (χ1v) is 8.25. The van der Waals surface area contributed by atoms with E-state index in [1.165, 1.54) is 11.3 Å². The topological polar surface area (TPSA) is 54.5 Å². The Hall–Kier alpha value is -1.44. The summed E-state index contributed by atoms with van der Waals surface area (Å²) in [5.41, 5.74) is 2.33. The fourth-order valence-electron chi connectivity index (χ4n) is 2.13. The number of aromatic nitrogens is 1. The molecule has 3 rings (SSSR count). The largest absolute Gasteiger partial charge is 0.378 e. The third kappa shape index (κ3) is 3.61. The number of morpholine rings is 1. The summed E-state index contributed by atoms with van der Waals surface area (Å²) in [6, 6.07) is 7.84. The van der Waals surface area contributed by atoms with Gasteiger partial charge in [0.25, 0.3) is 5.91 Å². The van der Waals surface area contributed by atoms with Crippen LogP contribution in [0.15, 0.2) is 33.6 Å². The van der Waals surface area contributed by atoms with Gasteiger partial charge in [0, 0.05) is 29.8 Å². The molecule has 1 saturated heterocycles. The summed E-state index contributed by atoms with van der Waals surface area (Å²) in [6.45, 7) is 3.32. The van der Waals surface area contributed by atoms with Crippen LogP contribution >= 0.6 is 27.3 Å². The van der Waals surface area contributed by atoms with E-state index in [0.717, 1.165) is 37.7 Å². The molecular weight excluding hydrogens is 354 g/mol. The normalized spacial score (nSPS) is 15.0. The number of anilines is 2. The number of thiazole rings is 1. The van der Waals surface area contributed by atoms with E-state index >= 15 is 0 Å². The highest BCUT2D eigenvalue weighted by atomic mass is 79.9. The first kappa shape index (κ1) is 14.5. The number of amides is 1. The number of nitrogens with one attached hydrogen (secondary N) is 1. The lowest BCUT2D eigenvalue weighted by Gasteiger charge is -2.28. The van der Waals surface area contributed by atoms with E-state index < -0.39 is 0 Å². The van der Waals surface area contributed by atoms with Crippen LogP contribution in [0, 0.1) is 0 Å². The quantitative estimate of drug-likeness (QED) is 0.905. The smallest absolute Gasteiger partial charge is 0.275 e. The Balaban J connectivity index is 1.65. The Morgan fingerprint density at radius 1 is 1.29 bits per heavy atom. The van der Waals surface area contributed by atoms with Gasteiger partial charge in [0.2, 0.25) is 0 Å². The van der Waals surface area contributed by atoms with Crippen LogP contribution in [0.25, 0.3) is 0 Å². The molecule has 1 N–H and O–H groups in total. The van der Waals surface area contributed by atoms with E-state index in [9.17, 15) is 4.79 Å². The minimum absolute atomic E-state index is 0.198. The van der Waals surface area contributed by atoms with E-state index in [1.807, 2.05) is 24.3 Å². The van der Waals surface area contributed by atoms with Gasteiger partial charge in [0.05, 0.1) is 13.2 Å². The SMILES string of the molecule is O=C(Nc1ccc(N2CCOCC2)cc1)c1csc(Br)n1. The van der Waals surface area contributed by atoms with E-state index in [0.29, 0.717) is 9.61 Å². The maximum atomic E-state index is 12.0. The van der Waals surface area contributed by atoms with Crippen LogP contribution in [-0.4, -0.2) is 37.2 Å². The molecule has 1 aromatic carbocycles. The number of rotatable bonds is 3. The van der Waals surface area contributed by atoms with Crippen molar-refractivity contribution in [3.05, 3.63) is 39.3 Å². The molecule has 1 aromatic heterocycles. The number of halogens is 1. The van der Waals surface area contributed by atoms with Gasteiger partial charge in [-0.05, 0) is 40.2 Å². The summed E-state index contributed by atoms with van der Waals surface area (Å²) in [4.78, 5) is 18.4. The van der Waals surface area contributed by atoms with Crippen molar-refractivity contribution in [3.63, 3.8) is 0 Å². The Morgan fingerprint density at radius 2 is 2.00 bits per heavy atom. The molecule has 0 radical (unpaired) electrons. The molecule has 7 heteroatoms. The zero-order valence-corrected chi connectivity index (χ0v) is 13.6. The van der Waals surface area contributed by atoms with Crippen molar-refractivity contribution in [1.29, 1.82) is 0 Å². The van der Waals surface area contributed by atoms with Crippen LogP contribution in [0.3, 0.4) is 0 Å². The molecule has 2 heterocycles. The molecule has 110 valence electrons. The highest BCUT2D eigenvalue weighted by Crippen LogP contribution is 2.20.